The summed E-state index contributed by atoms with van der Waals surface area (Å²) in [7, 11) is 3.39. The van der Waals surface area contributed by atoms with Gasteiger partial charge in [0.05, 0.1) is 19.3 Å². The summed E-state index contributed by atoms with van der Waals surface area (Å²) in [6.45, 7) is 1.02. The lowest BCUT2D eigenvalue weighted by Gasteiger charge is -2.21. The van der Waals surface area contributed by atoms with Gasteiger partial charge in [-0.3, -0.25) is 4.79 Å². The lowest BCUT2D eigenvalue weighted by atomic mass is 10.1. The molecule has 0 aromatic heterocycles. The number of hydrogen-bond donors (Lipinski definition) is 2. The van der Waals surface area contributed by atoms with Gasteiger partial charge in [0.2, 0.25) is 5.91 Å². The number of amides is 1. The number of β-amino-alcohol motifs (C(OH)–C–C–N with tert-alkyl or cyclic N) is 1. The first-order chi connectivity index (χ1) is 9.10. The number of hydrogen-bond acceptors (Lipinski definition) is 4. The van der Waals surface area contributed by atoms with Crippen molar-refractivity contribution >= 4 is 18.3 Å². The first-order valence-electron chi connectivity index (χ1n) is 6.39. The second kappa shape index (κ2) is 7.47. The van der Waals surface area contributed by atoms with Crippen molar-refractivity contribution in [1.82, 2.24) is 10.2 Å². The standard InChI is InChI=1S/C14H20N2O3.ClH/c1-16(14(18)13-7-11(17)8-15-13)9-10-4-3-5-12(6-10)19-2;/h3-6,11,13,15,17H,7-9H2,1-2H3;1H. The van der Waals surface area contributed by atoms with E-state index in [1.165, 1.54) is 0 Å². The van der Waals surface area contributed by atoms with Crippen LogP contribution in [0.1, 0.15) is 12.0 Å². The molecule has 5 nitrogen and oxygen atoms in total. The molecule has 112 valence electrons. The van der Waals surface area contributed by atoms with Gasteiger partial charge in [-0.2, -0.15) is 0 Å². The van der Waals surface area contributed by atoms with Crippen LogP contribution in [0.2, 0.25) is 0 Å². The van der Waals surface area contributed by atoms with Crippen molar-refractivity contribution in [2.45, 2.75) is 25.1 Å². The Hall–Kier alpha value is -1.30. The van der Waals surface area contributed by atoms with Crippen molar-refractivity contribution < 1.29 is 14.6 Å². The second-order valence-electron chi connectivity index (χ2n) is 4.90. The number of aliphatic hydroxyl groups is 1. The third-order valence-corrected chi connectivity index (χ3v) is 3.34. The number of carbonyl (C=O) groups is 1. The number of likely N-dealkylation sites (N-methyl/N-ethyl adjacent to an activating group) is 1. The van der Waals surface area contributed by atoms with E-state index in [1.54, 1.807) is 19.1 Å². The van der Waals surface area contributed by atoms with Gasteiger partial charge in [0.25, 0.3) is 0 Å². The Morgan fingerprint density at radius 1 is 1.55 bits per heavy atom. The molecule has 1 aromatic rings. The molecule has 20 heavy (non-hydrogen) atoms. The highest BCUT2D eigenvalue weighted by atomic mass is 35.5. The smallest absolute Gasteiger partial charge is 0.239 e. The van der Waals surface area contributed by atoms with Gasteiger partial charge in [-0.15, -0.1) is 12.4 Å². The highest BCUT2D eigenvalue weighted by Gasteiger charge is 2.29. The molecule has 0 aliphatic carbocycles. The number of aliphatic hydroxyl groups excluding tert-OH is 1. The maximum Gasteiger partial charge on any atom is 0.239 e. The summed E-state index contributed by atoms with van der Waals surface area (Å²) in [5.41, 5.74) is 1.02. The van der Waals surface area contributed by atoms with Crippen LogP contribution in [0, 0.1) is 0 Å². The highest BCUT2D eigenvalue weighted by molar-refractivity contribution is 5.85. The van der Waals surface area contributed by atoms with Crippen LogP contribution < -0.4 is 10.1 Å². The van der Waals surface area contributed by atoms with E-state index in [-0.39, 0.29) is 24.4 Å². The third-order valence-electron chi connectivity index (χ3n) is 3.34. The van der Waals surface area contributed by atoms with Gasteiger partial charge >= 0.3 is 0 Å². The number of nitrogens with one attached hydrogen (secondary N) is 1. The van der Waals surface area contributed by atoms with Crippen LogP contribution in [-0.4, -0.2) is 48.8 Å². The molecule has 2 N–H and O–H groups in total. The Labute approximate surface area is 125 Å². The normalized spacial score (nSPS) is 21.1. The van der Waals surface area contributed by atoms with E-state index in [4.69, 9.17) is 4.74 Å². The third kappa shape index (κ3) is 4.10. The summed E-state index contributed by atoms with van der Waals surface area (Å²) in [6.07, 6.45) is 0.0699. The van der Waals surface area contributed by atoms with Crippen LogP contribution in [-0.2, 0) is 11.3 Å². The van der Waals surface area contributed by atoms with E-state index in [9.17, 15) is 9.90 Å². The van der Waals surface area contributed by atoms with Gasteiger partial charge in [0.15, 0.2) is 0 Å². The minimum atomic E-state index is -0.417. The van der Waals surface area contributed by atoms with Crippen molar-refractivity contribution in [3.63, 3.8) is 0 Å². The molecule has 0 saturated carbocycles. The molecule has 1 fully saturated rings. The van der Waals surface area contributed by atoms with Gasteiger partial charge < -0.3 is 20.1 Å². The van der Waals surface area contributed by atoms with Crippen LogP contribution in [0.25, 0.3) is 0 Å². The summed E-state index contributed by atoms with van der Waals surface area (Å²) in [4.78, 5) is 13.8. The molecule has 1 aromatic carbocycles. The summed E-state index contributed by atoms with van der Waals surface area (Å²) >= 11 is 0. The zero-order valence-electron chi connectivity index (χ0n) is 11.7. The maximum absolute atomic E-state index is 12.2. The molecule has 2 unspecified atom stereocenters. The molecule has 1 heterocycles. The molecule has 0 spiro atoms. The van der Waals surface area contributed by atoms with Gasteiger partial charge in [0.1, 0.15) is 5.75 Å². The van der Waals surface area contributed by atoms with Crippen molar-refractivity contribution in [3.8, 4) is 5.75 Å². The molecule has 1 aliphatic heterocycles. The fourth-order valence-electron chi connectivity index (χ4n) is 2.29. The Morgan fingerprint density at radius 2 is 2.30 bits per heavy atom. The Kier molecular flexibility index (Phi) is 6.26. The molecule has 0 bridgehead atoms. The second-order valence-corrected chi connectivity index (χ2v) is 4.90. The van der Waals surface area contributed by atoms with E-state index >= 15 is 0 Å². The Balaban J connectivity index is 0.00000200. The quantitative estimate of drug-likeness (QED) is 0.863. The maximum atomic E-state index is 12.2. The molecule has 1 amide bonds. The predicted octanol–water partition coefficient (Wildman–Crippen LogP) is 0.798. The van der Waals surface area contributed by atoms with Crippen LogP contribution in [0.5, 0.6) is 5.75 Å². The Morgan fingerprint density at radius 3 is 2.90 bits per heavy atom. The molecule has 2 atom stereocenters. The average molecular weight is 301 g/mol. The molecular formula is C14H21ClN2O3. The van der Waals surface area contributed by atoms with Crippen molar-refractivity contribution in [2.24, 2.45) is 0 Å². The number of carbonyl (C=O) groups excluding carboxylic acids is 1. The topological polar surface area (TPSA) is 61.8 Å². The number of halogens is 1. The predicted molar refractivity (Wildman–Crippen MR) is 79.1 cm³/mol. The van der Waals surface area contributed by atoms with E-state index in [1.807, 2.05) is 24.3 Å². The van der Waals surface area contributed by atoms with Crippen LogP contribution in [0.15, 0.2) is 24.3 Å². The van der Waals surface area contributed by atoms with Crippen LogP contribution in [0.3, 0.4) is 0 Å². The SMILES string of the molecule is COc1cccc(CN(C)C(=O)C2CC(O)CN2)c1.Cl. The summed E-state index contributed by atoms with van der Waals surface area (Å²) in [5, 5.41) is 12.5. The fraction of sp³-hybridized carbons (Fsp3) is 0.500. The van der Waals surface area contributed by atoms with Crippen molar-refractivity contribution in [3.05, 3.63) is 29.8 Å². The molecule has 1 aliphatic rings. The largest absolute Gasteiger partial charge is 0.497 e. The molecule has 1 saturated heterocycles. The number of ether oxygens (including phenoxy) is 1. The molecule has 6 heteroatoms. The van der Waals surface area contributed by atoms with Crippen molar-refractivity contribution in [2.75, 3.05) is 20.7 Å². The average Bonchev–Trinajstić information content (AvgIpc) is 2.84. The Bertz CT molecular complexity index is 456. The highest BCUT2D eigenvalue weighted by Crippen LogP contribution is 2.15. The lowest BCUT2D eigenvalue weighted by molar-refractivity contribution is -0.132. The van der Waals surface area contributed by atoms with Gasteiger partial charge in [-0.05, 0) is 24.1 Å². The fourth-order valence-corrected chi connectivity index (χ4v) is 2.29. The summed E-state index contributed by atoms with van der Waals surface area (Å²) in [6, 6.07) is 7.39. The number of methoxy groups -OCH3 is 1. The monoisotopic (exact) mass is 300 g/mol. The number of rotatable bonds is 4. The zero-order valence-corrected chi connectivity index (χ0v) is 12.5. The van der Waals surface area contributed by atoms with E-state index in [2.05, 4.69) is 5.32 Å². The van der Waals surface area contributed by atoms with Crippen molar-refractivity contribution in [1.29, 1.82) is 0 Å². The molecular weight excluding hydrogens is 280 g/mol. The first kappa shape index (κ1) is 16.8. The minimum Gasteiger partial charge on any atom is -0.497 e. The van der Waals surface area contributed by atoms with E-state index in [0.717, 1.165) is 11.3 Å². The molecule has 2 rings (SSSR count). The summed E-state index contributed by atoms with van der Waals surface area (Å²) < 4.78 is 5.16. The molecule has 0 radical (unpaired) electrons. The van der Waals surface area contributed by atoms with E-state index < -0.39 is 6.10 Å². The van der Waals surface area contributed by atoms with Gasteiger partial charge in [0, 0.05) is 20.1 Å². The van der Waals surface area contributed by atoms with Gasteiger partial charge in [-0.1, -0.05) is 12.1 Å². The lowest BCUT2D eigenvalue weighted by Crippen LogP contribution is -2.41. The first-order valence-corrected chi connectivity index (χ1v) is 6.39. The van der Waals surface area contributed by atoms with Crippen LogP contribution >= 0.6 is 12.4 Å². The van der Waals surface area contributed by atoms with Gasteiger partial charge in [-0.25, -0.2) is 0 Å². The van der Waals surface area contributed by atoms with E-state index in [0.29, 0.717) is 19.5 Å². The zero-order chi connectivity index (χ0) is 13.8. The number of nitrogens with zero attached hydrogens (tertiary/aromatic N) is 1. The summed E-state index contributed by atoms with van der Waals surface area (Å²) in [5.74, 6) is 0.798. The van der Waals surface area contributed by atoms with Crippen LogP contribution in [0.4, 0.5) is 0 Å². The number of benzene rings is 1. The minimum absolute atomic E-state index is 0.